The molecule has 2 bridgehead atoms. The van der Waals surface area contributed by atoms with Gasteiger partial charge in [-0.3, -0.25) is 14.3 Å². The number of hydrogen-bond donors (Lipinski definition) is 0. The van der Waals surface area contributed by atoms with E-state index < -0.39 is 0 Å². The molecule has 160 valence electrons. The molecule has 2 aromatic heterocycles. The van der Waals surface area contributed by atoms with Gasteiger partial charge >= 0.3 is 0 Å². The lowest BCUT2D eigenvalue weighted by molar-refractivity contribution is 0.0518. The van der Waals surface area contributed by atoms with Crippen LogP contribution in [0.5, 0.6) is 0 Å². The Balaban J connectivity index is 1.38. The van der Waals surface area contributed by atoms with Gasteiger partial charge in [0.1, 0.15) is 0 Å². The van der Waals surface area contributed by atoms with Crippen molar-refractivity contribution in [1.82, 2.24) is 19.2 Å². The summed E-state index contributed by atoms with van der Waals surface area (Å²) in [4.78, 5) is 28.0. The Morgan fingerprint density at radius 1 is 1.10 bits per heavy atom. The molecule has 0 N–H and O–H groups in total. The molecule has 2 aliphatic rings. The Kier molecular flexibility index (Phi) is 5.22. The number of likely N-dealkylation sites (tertiary alicyclic amines) is 1. The highest BCUT2D eigenvalue weighted by Crippen LogP contribution is 2.43. The number of carbonyl (C=O) groups excluding carboxylic acids is 1. The van der Waals surface area contributed by atoms with Crippen LogP contribution in [-0.4, -0.2) is 38.2 Å². The second kappa shape index (κ2) is 8.17. The summed E-state index contributed by atoms with van der Waals surface area (Å²) in [7, 11) is 0. The third-order valence-electron chi connectivity index (χ3n) is 6.74. The van der Waals surface area contributed by atoms with Crippen molar-refractivity contribution < 1.29 is 4.79 Å². The van der Waals surface area contributed by atoms with Crippen molar-refractivity contribution in [3.8, 4) is 0 Å². The first-order valence-electron chi connectivity index (χ1n) is 11.2. The lowest BCUT2D eigenvalue weighted by atomic mass is 9.77. The molecule has 4 heterocycles. The standard InChI is InChI=1S/C25H28N4O2/c1-2-7-22-19-12-20(23-10-6-11-24(30)29(22)23)16-27(15-19)25(31)21-13-26-28(17-21)14-18-8-4-3-5-9-18/h3-6,8-11,13,17,19-20,22H,2,7,12,14-16H2,1H3/t19-,20+,22-/m0/s1. The fourth-order valence-corrected chi connectivity index (χ4v) is 5.39. The third kappa shape index (κ3) is 3.71. The van der Waals surface area contributed by atoms with Crippen LogP contribution < -0.4 is 5.56 Å². The molecule has 1 amide bonds. The number of aromatic nitrogens is 3. The van der Waals surface area contributed by atoms with Crippen molar-refractivity contribution >= 4 is 5.91 Å². The molecule has 0 aliphatic carbocycles. The van der Waals surface area contributed by atoms with Gasteiger partial charge in [-0.2, -0.15) is 5.10 Å². The van der Waals surface area contributed by atoms with Crippen molar-refractivity contribution in [2.75, 3.05) is 13.1 Å². The average molecular weight is 417 g/mol. The third-order valence-corrected chi connectivity index (χ3v) is 6.74. The van der Waals surface area contributed by atoms with Crippen molar-refractivity contribution in [2.45, 2.75) is 44.7 Å². The lowest BCUT2D eigenvalue weighted by Crippen LogP contribution is -2.51. The smallest absolute Gasteiger partial charge is 0.257 e. The molecule has 0 unspecified atom stereocenters. The Morgan fingerprint density at radius 3 is 2.74 bits per heavy atom. The van der Waals surface area contributed by atoms with Gasteiger partial charge in [0.15, 0.2) is 0 Å². The summed E-state index contributed by atoms with van der Waals surface area (Å²) >= 11 is 0. The van der Waals surface area contributed by atoms with Crippen molar-refractivity contribution in [1.29, 1.82) is 0 Å². The van der Waals surface area contributed by atoms with Crippen LogP contribution in [0.4, 0.5) is 0 Å². The summed E-state index contributed by atoms with van der Waals surface area (Å²) < 4.78 is 3.84. The van der Waals surface area contributed by atoms with E-state index in [9.17, 15) is 9.59 Å². The SMILES string of the molecule is CCC[C@H]1[C@H]2C[C@H](CN(C(=O)c3cnn(Cc4ccccc4)c3)C2)c2cccc(=O)n21. The predicted octanol–water partition coefficient (Wildman–Crippen LogP) is 3.69. The van der Waals surface area contributed by atoms with Gasteiger partial charge in [-0.1, -0.05) is 49.7 Å². The molecule has 2 aliphatic heterocycles. The fraction of sp³-hybridized carbons (Fsp3) is 0.400. The Hall–Kier alpha value is -3.15. The van der Waals surface area contributed by atoms with Gasteiger partial charge in [0, 0.05) is 43.0 Å². The van der Waals surface area contributed by atoms with Crippen LogP contribution in [0.25, 0.3) is 0 Å². The lowest BCUT2D eigenvalue weighted by Gasteiger charge is -2.47. The van der Waals surface area contributed by atoms with Gasteiger partial charge in [-0.05, 0) is 30.4 Å². The van der Waals surface area contributed by atoms with Gasteiger partial charge in [-0.15, -0.1) is 0 Å². The highest BCUT2D eigenvalue weighted by molar-refractivity contribution is 5.93. The summed E-state index contributed by atoms with van der Waals surface area (Å²) in [6.07, 6.45) is 6.56. The van der Waals surface area contributed by atoms with E-state index in [0.717, 1.165) is 30.5 Å². The summed E-state index contributed by atoms with van der Waals surface area (Å²) in [5, 5.41) is 4.42. The van der Waals surface area contributed by atoms with E-state index in [-0.39, 0.29) is 23.4 Å². The molecule has 6 nitrogen and oxygen atoms in total. The zero-order valence-electron chi connectivity index (χ0n) is 17.9. The molecule has 3 aromatic rings. The molecule has 0 spiro atoms. The first kappa shape index (κ1) is 19.8. The molecule has 3 atom stereocenters. The van der Waals surface area contributed by atoms with Crippen LogP contribution in [0, 0.1) is 5.92 Å². The van der Waals surface area contributed by atoms with Crippen LogP contribution >= 0.6 is 0 Å². The first-order chi connectivity index (χ1) is 15.1. The number of rotatable bonds is 5. The van der Waals surface area contributed by atoms with E-state index in [1.807, 2.05) is 44.6 Å². The minimum Gasteiger partial charge on any atom is -0.338 e. The summed E-state index contributed by atoms with van der Waals surface area (Å²) in [5.41, 5.74) is 2.96. The molecule has 1 saturated heterocycles. The molecular formula is C25H28N4O2. The zero-order valence-corrected chi connectivity index (χ0v) is 17.9. The maximum atomic E-state index is 13.3. The van der Waals surface area contributed by atoms with Crippen LogP contribution in [0.3, 0.4) is 0 Å². The molecule has 6 heteroatoms. The number of fused-ring (bicyclic) bond motifs is 4. The van der Waals surface area contributed by atoms with Gasteiger partial charge in [0.05, 0.1) is 18.3 Å². The second-order valence-corrected chi connectivity index (χ2v) is 8.83. The first-order valence-corrected chi connectivity index (χ1v) is 11.2. The largest absolute Gasteiger partial charge is 0.338 e. The van der Waals surface area contributed by atoms with E-state index in [0.29, 0.717) is 31.1 Å². The van der Waals surface area contributed by atoms with Gasteiger partial charge in [0.25, 0.3) is 11.5 Å². The van der Waals surface area contributed by atoms with Crippen molar-refractivity contribution in [3.63, 3.8) is 0 Å². The molecule has 1 aromatic carbocycles. The Labute approximate surface area is 182 Å². The minimum atomic E-state index is 0.0380. The van der Waals surface area contributed by atoms with E-state index in [2.05, 4.69) is 30.2 Å². The number of piperidine rings is 1. The van der Waals surface area contributed by atoms with E-state index in [1.165, 1.54) is 0 Å². The number of hydrogen-bond acceptors (Lipinski definition) is 3. The van der Waals surface area contributed by atoms with Gasteiger partial charge < -0.3 is 9.47 Å². The van der Waals surface area contributed by atoms with E-state index in [4.69, 9.17) is 0 Å². The maximum Gasteiger partial charge on any atom is 0.257 e. The van der Waals surface area contributed by atoms with Crippen LogP contribution in [0.15, 0.2) is 65.7 Å². The summed E-state index contributed by atoms with van der Waals surface area (Å²) in [5.74, 6) is 0.565. The average Bonchev–Trinajstić information content (AvgIpc) is 3.25. The van der Waals surface area contributed by atoms with E-state index >= 15 is 0 Å². The number of carbonyl (C=O) groups is 1. The Morgan fingerprint density at radius 2 is 1.94 bits per heavy atom. The second-order valence-electron chi connectivity index (χ2n) is 8.83. The van der Waals surface area contributed by atoms with Gasteiger partial charge in [-0.25, -0.2) is 0 Å². The maximum absolute atomic E-state index is 13.3. The van der Waals surface area contributed by atoms with Crippen molar-refractivity contribution in [2.24, 2.45) is 5.92 Å². The van der Waals surface area contributed by atoms with Crippen LogP contribution in [-0.2, 0) is 6.54 Å². The van der Waals surface area contributed by atoms with E-state index in [1.54, 1.807) is 12.3 Å². The minimum absolute atomic E-state index is 0.0380. The number of pyridine rings is 1. The summed E-state index contributed by atoms with van der Waals surface area (Å²) in [6, 6.07) is 15.9. The number of benzene rings is 1. The molecular weight excluding hydrogens is 388 g/mol. The highest BCUT2D eigenvalue weighted by Gasteiger charge is 2.41. The fourth-order valence-electron chi connectivity index (χ4n) is 5.39. The predicted molar refractivity (Wildman–Crippen MR) is 119 cm³/mol. The molecule has 1 fully saturated rings. The normalized spacial score (nSPS) is 22.2. The number of nitrogens with zero attached hydrogens (tertiary/aromatic N) is 4. The summed E-state index contributed by atoms with van der Waals surface area (Å²) in [6.45, 7) is 4.16. The van der Waals surface area contributed by atoms with Gasteiger partial charge in [0.2, 0.25) is 0 Å². The molecule has 0 radical (unpaired) electrons. The molecule has 31 heavy (non-hydrogen) atoms. The number of amides is 1. The molecule has 0 saturated carbocycles. The quantitative estimate of drug-likeness (QED) is 0.637. The topological polar surface area (TPSA) is 60.1 Å². The zero-order chi connectivity index (χ0) is 21.4. The van der Waals surface area contributed by atoms with Crippen LogP contribution in [0.1, 0.15) is 59.8 Å². The van der Waals surface area contributed by atoms with Crippen molar-refractivity contribution in [3.05, 3.63) is 88.1 Å². The molecule has 5 rings (SSSR count). The van der Waals surface area contributed by atoms with Crippen LogP contribution in [0.2, 0.25) is 0 Å². The highest BCUT2D eigenvalue weighted by atomic mass is 16.2. The Bertz CT molecular complexity index is 1130. The monoisotopic (exact) mass is 416 g/mol.